The second kappa shape index (κ2) is 17.7. The Hall–Kier alpha value is -3.88. The molecule has 268 valence electrons. The molecule has 1 aliphatic carbocycles. The van der Waals surface area contributed by atoms with Gasteiger partial charge in [0.05, 0.1) is 13.2 Å². The second-order valence-corrected chi connectivity index (χ2v) is 14.2. The highest BCUT2D eigenvalue weighted by Gasteiger charge is 2.42. The number of rotatable bonds is 16. The van der Waals surface area contributed by atoms with Crippen molar-refractivity contribution in [3.8, 4) is 0 Å². The SMILES string of the molecule is COC(=O)[C@H](Cc1ccccc1)NNC(=O)c1csc([C@@H](C[C@H](C(C)C)N(C)C(=O)[C@@H](NC(=O)[C@H]2CCCCN2C)C2CC2)OC(C)=O)n1. The van der Waals surface area contributed by atoms with Crippen molar-refractivity contribution in [1.82, 2.24) is 31.0 Å². The van der Waals surface area contributed by atoms with Crippen molar-refractivity contribution in [2.45, 2.75) is 96.0 Å². The Morgan fingerprint density at radius 1 is 1.08 bits per heavy atom. The number of likely N-dealkylation sites (N-methyl/N-ethyl adjacent to an activating group) is 2. The topological polar surface area (TPSA) is 159 Å². The van der Waals surface area contributed by atoms with E-state index in [1.807, 2.05) is 51.2 Å². The summed E-state index contributed by atoms with van der Waals surface area (Å²) in [4.78, 5) is 73.2. The molecule has 1 saturated heterocycles. The Bertz CT molecular complexity index is 1450. The number of hydrogen-bond acceptors (Lipinski definition) is 11. The minimum Gasteiger partial charge on any atom is -0.468 e. The highest BCUT2D eigenvalue weighted by Crippen LogP contribution is 2.35. The Balaban J connectivity index is 1.44. The third kappa shape index (κ3) is 10.6. The largest absolute Gasteiger partial charge is 0.468 e. The number of nitrogens with zero attached hydrogens (tertiary/aromatic N) is 3. The molecule has 1 aromatic carbocycles. The molecule has 13 nitrogen and oxygen atoms in total. The molecule has 0 spiro atoms. The molecule has 14 heteroatoms. The van der Waals surface area contributed by atoms with E-state index in [-0.39, 0.29) is 54.3 Å². The van der Waals surface area contributed by atoms with Crippen LogP contribution < -0.4 is 16.2 Å². The van der Waals surface area contributed by atoms with E-state index in [1.165, 1.54) is 14.0 Å². The van der Waals surface area contributed by atoms with Crippen LogP contribution in [0.5, 0.6) is 0 Å². The average Bonchev–Trinajstić information content (AvgIpc) is 3.81. The number of carbonyl (C=O) groups excluding carboxylic acids is 5. The molecular formula is C35H50N6O7S. The van der Waals surface area contributed by atoms with Gasteiger partial charge in [0, 0.05) is 38.2 Å². The number of likely N-dealkylation sites (tertiary alicyclic amines) is 1. The lowest BCUT2D eigenvalue weighted by molar-refractivity contribution is -0.149. The number of benzene rings is 1. The lowest BCUT2D eigenvalue weighted by Gasteiger charge is -2.37. The molecule has 0 unspecified atom stereocenters. The summed E-state index contributed by atoms with van der Waals surface area (Å²) in [6, 6.07) is 7.25. The van der Waals surface area contributed by atoms with Crippen LogP contribution in [-0.2, 0) is 35.1 Å². The Labute approximate surface area is 292 Å². The zero-order chi connectivity index (χ0) is 35.7. The maximum Gasteiger partial charge on any atom is 0.325 e. The smallest absolute Gasteiger partial charge is 0.325 e. The minimum atomic E-state index is -0.837. The predicted octanol–water partition coefficient (Wildman–Crippen LogP) is 3.02. The van der Waals surface area contributed by atoms with E-state index in [2.05, 4.69) is 26.1 Å². The van der Waals surface area contributed by atoms with Crippen LogP contribution in [0, 0.1) is 11.8 Å². The average molecular weight is 699 g/mol. The van der Waals surface area contributed by atoms with Crippen LogP contribution >= 0.6 is 11.3 Å². The summed E-state index contributed by atoms with van der Waals surface area (Å²) in [7, 11) is 4.95. The van der Waals surface area contributed by atoms with Gasteiger partial charge in [0.25, 0.3) is 5.91 Å². The van der Waals surface area contributed by atoms with Crippen molar-refractivity contribution >= 4 is 41.0 Å². The van der Waals surface area contributed by atoms with Crippen LogP contribution in [0.1, 0.15) is 86.5 Å². The molecule has 2 fully saturated rings. The predicted molar refractivity (Wildman–Crippen MR) is 184 cm³/mol. The number of hydrogen-bond donors (Lipinski definition) is 3. The summed E-state index contributed by atoms with van der Waals surface area (Å²) in [5.74, 6) is -1.86. The zero-order valence-electron chi connectivity index (χ0n) is 29.3. The van der Waals surface area contributed by atoms with E-state index in [0.29, 0.717) is 5.01 Å². The molecule has 5 atom stereocenters. The van der Waals surface area contributed by atoms with Gasteiger partial charge in [-0.1, -0.05) is 50.6 Å². The monoisotopic (exact) mass is 698 g/mol. The Kier molecular flexibility index (Phi) is 13.7. The van der Waals surface area contributed by atoms with Crippen LogP contribution in [0.4, 0.5) is 0 Å². The van der Waals surface area contributed by atoms with Gasteiger partial charge in [-0.15, -0.1) is 11.3 Å². The summed E-state index contributed by atoms with van der Waals surface area (Å²) < 4.78 is 10.6. The van der Waals surface area contributed by atoms with Gasteiger partial charge in [-0.05, 0) is 56.7 Å². The summed E-state index contributed by atoms with van der Waals surface area (Å²) in [5, 5.41) is 5.03. The molecule has 0 radical (unpaired) electrons. The number of aromatic nitrogens is 1. The Morgan fingerprint density at radius 2 is 1.80 bits per heavy atom. The highest BCUT2D eigenvalue weighted by atomic mass is 32.1. The number of hydrazine groups is 1. The number of methoxy groups -OCH3 is 1. The number of thiazole rings is 1. The number of amides is 3. The highest BCUT2D eigenvalue weighted by molar-refractivity contribution is 7.09. The third-order valence-electron chi connectivity index (χ3n) is 9.27. The van der Waals surface area contributed by atoms with Crippen LogP contribution in [0.15, 0.2) is 35.7 Å². The first-order valence-electron chi connectivity index (χ1n) is 17.0. The maximum absolute atomic E-state index is 14.0. The van der Waals surface area contributed by atoms with Gasteiger partial charge in [0.15, 0.2) is 6.10 Å². The van der Waals surface area contributed by atoms with Crippen molar-refractivity contribution in [2.75, 3.05) is 27.7 Å². The van der Waals surface area contributed by atoms with Crippen molar-refractivity contribution in [1.29, 1.82) is 0 Å². The van der Waals surface area contributed by atoms with E-state index in [9.17, 15) is 24.0 Å². The maximum atomic E-state index is 14.0. The van der Waals surface area contributed by atoms with E-state index in [4.69, 9.17) is 9.47 Å². The van der Waals surface area contributed by atoms with Crippen molar-refractivity contribution in [3.05, 3.63) is 52.0 Å². The summed E-state index contributed by atoms with van der Waals surface area (Å²) in [6.45, 7) is 6.13. The van der Waals surface area contributed by atoms with Crippen LogP contribution in [0.25, 0.3) is 0 Å². The fourth-order valence-electron chi connectivity index (χ4n) is 6.29. The number of nitrogens with one attached hydrogen (secondary N) is 3. The van der Waals surface area contributed by atoms with Crippen LogP contribution in [-0.4, -0.2) is 96.4 Å². The molecule has 2 aliphatic rings. The first-order valence-corrected chi connectivity index (χ1v) is 17.8. The molecule has 3 N–H and O–H groups in total. The molecule has 4 rings (SSSR count). The first kappa shape index (κ1) is 37.9. The van der Waals surface area contributed by atoms with E-state index in [0.717, 1.165) is 55.5 Å². The van der Waals surface area contributed by atoms with E-state index in [1.54, 1.807) is 17.3 Å². The number of carbonyl (C=O) groups is 5. The van der Waals surface area contributed by atoms with Gasteiger partial charge in [-0.25, -0.2) is 10.4 Å². The molecule has 1 aromatic heterocycles. The fraction of sp³-hybridized carbons (Fsp3) is 0.600. The summed E-state index contributed by atoms with van der Waals surface area (Å²) >= 11 is 1.16. The first-order chi connectivity index (χ1) is 23.4. The third-order valence-corrected chi connectivity index (χ3v) is 10.2. The number of ether oxygens (including phenoxy) is 2. The fourth-order valence-corrected chi connectivity index (χ4v) is 7.13. The lowest BCUT2D eigenvalue weighted by atomic mass is 9.95. The van der Waals surface area contributed by atoms with Crippen molar-refractivity contribution < 1.29 is 33.4 Å². The molecule has 1 saturated carbocycles. The molecular weight excluding hydrogens is 648 g/mol. The van der Waals surface area contributed by atoms with Gasteiger partial charge in [0.1, 0.15) is 22.8 Å². The molecule has 2 heterocycles. The molecule has 49 heavy (non-hydrogen) atoms. The summed E-state index contributed by atoms with van der Waals surface area (Å²) in [5.41, 5.74) is 6.25. The number of piperidine rings is 1. The van der Waals surface area contributed by atoms with Crippen molar-refractivity contribution in [2.24, 2.45) is 11.8 Å². The Morgan fingerprint density at radius 3 is 2.41 bits per heavy atom. The molecule has 1 aliphatic heterocycles. The van der Waals surface area contributed by atoms with Gasteiger partial charge >= 0.3 is 11.9 Å². The second-order valence-electron chi connectivity index (χ2n) is 13.3. The molecule has 3 amide bonds. The normalized spacial score (nSPS) is 18.9. The van der Waals surface area contributed by atoms with Gasteiger partial charge in [0.2, 0.25) is 11.8 Å². The molecule has 2 aromatic rings. The van der Waals surface area contributed by atoms with Crippen LogP contribution in [0.3, 0.4) is 0 Å². The standard InChI is InChI=1S/C35H50N6O7S/c1-21(2)28(41(5)34(45)30(24-15-16-24)37-32(44)27-14-10-11-17-40(27)4)19-29(48-22(3)42)33-36-26(20-49-33)31(43)39-38-25(35(46)47-6)18-23-12-8-7-9-13-23/h7-9,12-13,20-21,24-25,27-30,38H,10-11,14-19H2,1-6H3,(H,37,44)(H,39,43)/t25-,27+,28+,29+,30-/m0/s1. The lowest BCUT2D eigenvalue weighted by Crippen LogP contribution is -2.56. The quantitative estimate of drug-likeness (QED) is 0.176. The van der Waals surface area contributed by atoms with Gasteiger partial charge in [-0.2, -0.15) is 0 Å². The zero-order valence-corrected chi connectivity index (χ0v) is 30.1. The number of esters is 2. The van der Waals surface area contributed by atoms with Crippen LogP contribution in [0.2, 0.25) is 0 Å². The van der Waals surface area contributed by atoms with Crippen molar-refractivity contribution in [3.63, 3.8) is 0 Å². The summed E-state index contributed by atoms with van der Waals surface area (Å²) in [6.07, 6.45) is 4.26. The minimum absolute atomic E-state index is 0.0289. The van der Waals surface area contributed by atoms with Gasteiger partial charge < -0.3 is 19.7 Å². The van der Waals surface area contributed by atoms with E-state index < -0.39 is 36.0 Å². The molecule has 0 bridgehead atoms. The van der Waals surface area contributed by atoms with Gasteiger partial charge in [-0.3, -0.25) is 34.3 Å². The van der Waals surface area contributed by atoms with E-state index >= 15 is 0 Å².